The average molecular weight is 823 g/mol. The van der Waals surface area contributed by atoms with Crippen molar-refractivity contribution in [1.29, 1.82) is 0 Å². The van der Waals surface area contributed by atoms with Gasteiger partial charge in [0.15, 0.2) is 0 Å². The normalized spacial score (nSPS) is 18.9. The Kier molecular flexibility index (Phi) is 11.2. The third-order valence-electron chi connectivity index (χ3n) is 12.3. The number of hydrogen-bond donors (Lipinski definition) is 3. The third kappa shape index (κ3) is 8.70. The van der Waals surface area contributed by atoms with Crippen LogP contribution in [0.5, 0.6) is 0 Å². The fourth-order valence-corrected chi connectivity index (χ4v) is 8.85. The smallest absolute Gasteiger partial charge is 0.255 e. The van der Waals surface area contributed by atoms with Crippen LogP contribution in [0.1, 0.15) is 63.1 Å². The molecule has 3 fully saturated rings. The largest absolute Gasteiger partial charge is 0.371 e. The van der Waals surface area contributed by atoms with E-state index in [0.29, 0.717) is 40.9 Å². The van der Waals surface area contributed by atoms with E-state index in [-0.39, 0.29) is 37.1 Å². The Balaban J connectivity index is 0.738. The fourth-order valence-electron chi connectivity index (χ4n) is 8.85. The Bertz CT molecular complexity index is 2470. The van der Waals surface area contributed by atoms with Crippen LogP contribution < -0.4 is 20.9 Å². The molecular weight excluding hydrogens is 776 g/mol. The highest BCUT2D eigenvalue weighted by atomic mass is 19.1. The molecule has 14 nitrogen and oxygen atoms in total. The van der Waals surface area contributed by atoms with Crippen LogP contribution >= 0.6 is 0 Å². The highest BCUT2D eigenvalue weighted by molar-refractivity contribution is 6.06. The number of amides is 4. The van der Waals surface area contributed by atoms with Gasteiger partial charge in [-0.05, 0) is 104 Å². The SMILES string of the molecule is Cc1ccc(NC(=O)c2ccc(N3CCC(N4CCN(Cc5cc6c(cc5F)C(=O)N(C5CCC(=O)NC5=O)C6)CC4)CC3)cc2)cc1Nc1nccc(-c2cccnc2)n1. The number of anilines is 4. The molecule has 3 N–H and O–H groups in total. The first-order valence-electron chi connectivity index (χ1n) is 20.8. The zero-order valence-corrected chi connectivity index (χ0v) is 33.9. The molecule has 312 valence electrons. The number of piperidine rings is 2. The topological polar surface area (TPSA) is 156 Å². The lowest BCUT2D eigenvalue weighted by atomic mass is 10.0. The summed E-state index contributed by atoms with van der Waals surface area (Å²) >= 11 is 0. The standard InChI is InChI=1S/C46H47FN10O4/c1-29-4-7-34(24-40(29)52-46-49-16-12-39(51-46)31-3-2-15-48-26-31)50-43(59)30-5-8-35(9-6-30)55-17-13-36(14-18-55)56-21-19-54(20-22-56)27-33-23-32-28-57(45(61)37(32)25-38(33)47)41-10-11-42(58)53-44(41)60/h2-9,12,15-16,23-26,36,41H,10-11,13-14,17-22,27-28H2,1H3,(H,50,59)(H,49,51,52)(H,53,58,60). The van der Waals surface area contributed by atoms with Gasteiger partial charge in [0.1, 0.15) is 11.9 Å². The van der Waals surface area contributed by atoms with Crippen LogP contribution in [0.25, 0.3) is 11.3 Å². The van der Waals surface area contributed by atoms with Crippen molar-refractivity contribution >= 4 is 46.6 Å². The number of hydrogen-bond acceptors (Lipinski definition) is 11. The first-order valence-corrected chi connectivity index (χ1v) is 20.8. The Morgan fingerprint density at radius 2 is 1.70 bits per heavy atom. The fraction of sp³-hybridized carbons (Fsp3) is 0.326. The highest BCUT2D eigenvalue weighted by Crippen LogP contribution is 2.31. The maximum atomic E-state index is 15.3. The predicted molar refractivity (Wildman–Crippen MR) is 229 cm³/mol. The molecule has 0 spiro atoms. The molecule has 1 unspecified atom stereocenters. The summed E-state index contributed by atoms with van der Waals surface area (Å²) in [5, 5.41) is 8.64. The van der Waals surface area contributed by atoms with Crippen LogP contribution in [0.2, 0.25) is 0 Å². The van der Waals surface area contributed by atoms with Gasteiger partial charge in [0, 0.05) is 123 Å². The number of piperazine rings is 1. The van der Waals surface area contributed by atoms with E-state index in [1.165, 1.54) is 11.0 Å². The molecule has 61 heavy (non-hydrogen) atoms. The van der Waals surface area contributed by atoms with Gasteiger partial charge in [0.25, 0.3) is 11.8 Å². The lowest BCUT2D eigenvalue weighted by Gasteiger charge is -2.43. The van der Waals surface area contributed by atoms with Gasteiger partial charge >= 0.3 is 0 Å². The van der Waals surface area contributed by atoms with Gasteiger partial charge in [-0.2, -0.15) is 0 Å². The predicted octanol–water partition coefficient (Wildman–Crippen LogP) is 5.53. The van der Waals surface area contributed by atoms with Crippen LogP contribution in [0.15, 0.2) is 91.4 Å². The summed E-state index contributed by atoms with van der Waals surface area (Å²) in [5.41, 5.74) is 7.29. The summed E-state index contributed by atoms with van der Waals surface area (Å²) in [4.78, 5) is 72.3. The molecule has 15 heteroatoms. The molecule has 4 amide bonds. The summed E-state index contributed by atoms with van der Waals surface area (Å²) in [6, 6.07) is 22.0. The number of aromatic nitrogens is 3. The molecule has 3 aromatic carbocycles. The van der Waals surface area contributed by atoms with Crippen molar-refractivity contribution in [3.05, 3.63) is 125 Å². The van der Waals surface area contributed by atoms with Gasteiger partial charge in [0.05, 0.1) is 5.69 Å². The summed E-state index contributed by atoms with van der Waals surface area (Å²) in [6.07, 6.45) is 7.69. The number of aryl methyl sites for hydroxylation is 1. The Morgan fingerprint density at radius 1 is 0.902 bits per heavy atom. The summed E-state index contributed by atoms with van der Waals surface area (Å²) in [7, 11) is 0. The number of halogens is 1. The molecule has 6 heterocycles. The van der Waals surface area contributed by atoms with Crippen molar-refractivity contribution in [3.8, 4) is 11.3 Å². The third-order valence-corrected chi connectivity index (χ3v) is 12.3. The Labute approximate surface area is 353 Å². The molecule has 0 saturated carbocycles. The molecule has 2 aromatic heterocycles. The van der Waals surface area contributed by atoms with E-state index in [9.17, 15) is 19.2 Å². The van der Waals surface area contributed by atoms with Gasteiger partial charge in [-0.3, -0.25) is 39.3 Å². The number of carbonyl (C=O) groups is 4. The molecule has 0 radical (unpaired) electrons. The van der Waals surface area contributed by atoms with Crippen LogP contribution in [0.4, 0.5) is 27.4 Å². The number of benzene rings is 3. The van der Waals surface area contributed by atoms with E-state index in [2.05, 4.69) is 45.6 Å². The van der Waals surface area contributed by atoms with Crippen molar-refractivity contribution < 1.29 is 23.6 Å². The second kappa shape index (κ2) is 17.2. The molecule has 3 saturated heterocycles. The van der Waals surface area contributed by atoms with Crippen molar-refractivity contribution in [2.75, 3.05) is 54.8 Å². The zero-order chi connectivity index (χ0) is 42.0. The van der Waals surface area contributed by atoms with Crippen molar-refractivity contribution in [1.82, 2.24) is 35.0 Å². The minimum atomic E-state index is -0.724. The van der Waals surface area contributed by atoms with Crippen molar-refractivity contribution in [2.24, 2.45) is 0 Å². The molecule has 4 aliphatic heterocycles. The van der Waals surface area contributed by atoms with Gasteiger partial charge < -0.3 is 20.4 Å². The molecule has 0 bridgehead atoms. The first-order chi connectivity index (χ1) is 29.6. The molecule has 5 aromatic rings. The maximum absolute atomic E-state index is 15.3. The minimum Gasteiger partial charge on any atom is -0.371 e. The Morgan fingerprint density at radius 3 is 2.46 bits per heavy atom. The molecule has 0 aliphatic carbocycles. The minimum absolute atomic E-state index is 0.177. The number of pyridine rings is 1. The van der Waals surface area contributed by atoms with E-state index in [1.54, 1.807) is 24.7 Å². The van der Waals surface area contributed by atoms with Crippen LogP contribution in [0, 0.1) is 12.7 Å². The first kappa shape index (κ1) is 39.9. The summed E-state index contributed by atoms with van der Waals surface area (Å²) < 4.78 is 15.3. The van der Waals surface area contributed by atoms with Gasteiger partial charge in [0.2, 0.25) is 17.8 Å². The number of nitrogens with one attached hydrogen (secondary N) is 3. The average Bonchev–Trinajstić information content (AvgIpc) is 3.59. The van der Waals surface area contributed by atoms with Gasteiger partial charge in [-0.25, -0.2) is 14.4 Å². The number of nitrogens with zero attached hydrogens (tertiary/aromatic N) is 7. The second-order valence-corrected chi connectivity index (χ2v) is 16.2. The number of rotatable bonds is 10. The van der Waals surface area contributed by atoms with E-state index < -0.39 is 17.8 Å². The monoisotopic (exact) mass is 822 g/mol. The van der Waals surface area contributed by atoms with Crippen LogP contribution in [0.3, 0.4) is 0 Å². The lowest BCUT2D eigenvalue weighted by molar-refractivity contribution is -0.136. The van der Waals surface area contributed by atoms with Crippen molar-refractivity contribution in [2.45, 2.75) is 57.8 Å². The molecule has 4 aliphatic rings. The van der Waals surface area contributed by atoms with Gasteiger partial charge in [-0.15, -0.1) is 0 Å². The zero-order valence-electron chi connectivity index (χ0n) is 33.9. The molecular formula is C46H47FN10O4. The van der Waals surface area contributed by atoms with E-state index in [4.69, 9.17) is 0 Å². The van der Waals surface area contributed by atoms with E-state index in [0.717, 1.165) is 85.9 Å². The van der Waals surface area contributed by atoms with Crippen LogP contribution in [-0.2, 0) is 22.7 Å². The molecule has 1 atom stereocenters. The van der Waals surface area contributed by atoms with E-state index in [1.807, 2.05) is 67.6 Å². The second-order valence-electron chi connectivity index (χ2n) is 16.2. The van der Waals surface area contributed by atoms with Gasteiger partial charge in [-0.1, -0.05) is 6.07 Å². The van der Waals surface area contributed by atoms with Crippen LogP contribution in [-0.4, -0.2) is 105 Å². The quantitative estimate of drug-likeness (QED) is 0.152. The highest BCUT2D eigenvalue weighted by Gasteiger charge is 2.40. The number of imide groups is 1. The Hall–Kier alpha value is -6.58. The summed E-state index contributed by atoms with van der Waals surface area (Å²) in [6.45, 7) is 7.93. The maximum Gasteiger partial charge on any atom is 0.255 e. The van der Waals surface area contributed by atoms with Crippen molar-refractivity contribution in [3.63, 3.8) is 0 Å². The summed E-state index contributed by atoms with van der Waals surface area (Å²) in [5.74, 6) is -1.34. The lowest BCUT2D eigenvalue weighted by Crippen LogP contribution is -2.53. The number of carbonyl (C=O) groups excluding carboxylic acids is 4. The number of fused-ring (bicyclic) bond motifs is 1. The van der Waals surface area contributed by atoms with E-state index >= 15 is 4.39 Å². The molecule has 9 rings (SSSR count).